The highest BCUT2D eigenvalue weighted by Crippen LogP contribution is 2.49. The van der Waals surface area contributed by atoms with Crippen LogP contribution in [0.1, 0.15) is 13.8 Å². The first-order valence-electron chi connectivity index (χ1n) is 7.77. The fourth-order valence-electron chi connectivity index (χ4n) is 3.48. The first kappa shape index (κ1) is 19.0. The van der Waals surface area contributed by atoms with E-state index in [9.17, 15) is 19.2 Å². The van der Waals surface area contributed by atoms with Crippen LogP contribution in [0, 0.1) is 17.8 Å². The van der Waals surface area contributed by atoms with Crippen LogP contribution in [0.2, 0.25) is 0 Å². The van der Waals surface area contributed by atoms with Gasteiger partial charge in [0.15, 0.2) is 0 Å². The molecule has 1 unspecified atom stereocenters. The number of carbonyl (C=O) groups excluding carboxylic acids is 4. The van der Waals surface area contributed by atoms with Gasteiger partial charge >= 0.3 is 24.0 Å². The van der Waals surface area contributed by atoms with Gasteiger partial charge in [-0.1, -0.05) is 0 Å². The van der Waals surface area contributed by atoms with Crippen molar-refractivity contribution in [2.24, 2.45) is 17.8 Å². The van der Waals surface area contributed by atoms with Crippen LogP contribution in [-0.2, 0) is 38.1 Å². The highest BCUT2D eigenvalue weighted by molar-refractivity contribution is 5.85. The molecule has 10 nitrogen and oxygen atoms in total. The molecule has 2 aliphatic rings. The van der Waals surface area contributed by atoms with E-state index in [1.165, 1.54) is 21.1 Å². The predicted octanol–water partition coefficient (Wildman–Crippen LogP) is -0.403. The van der Waals surface area contributed by atoms with Gasteiger partial charge < -0.3 is 29.0 Å². The second-order valence-corrected chi connectivity index (χ2v) is 5.64. The lowest BCUT2D eigenvalue weighted by molar-refractivity contribution is -0.210. The van der Waals surface area contributed by atoms with E-state index >= 15 is 0 Å². The molecular weight excluding hydrogens is 338 g/mol. The predicted molar refractivity (Wildman–Crippen MR) is 78.9 cm³/mol. The fourth-order valence-corrected chi connectivity index (χ4v) is 3.48. The standard InChI is InChI=1S/C15H21NO9/c1-5-23-15(20)16-10-8-7(12(18)21-3)9(13(19)22-4)11(10)25-14(8)24-6(2)17/h7-11,14H,5H2,1-4H3,(H,16,20)/t7-,8+,9-,10?,11-,14+/m1/s1. The number of rotatable bonds is 5. The van der Waals surface area contributed by atoms with Gasteiger partial charge in [-0.05, 0) is 6.92 Å². The monoisotopic (exact) mass is 359 g/mol. The number of esters is 3. The van der Waals surface area contributed by atoms with Gasteiger partial charge in [0.25, 0.3) is 0 Å². The summed E-state index contributed by atoms with van der Waals surface area (Å²) in [5.74, 6) is -4.78. The zero-order valence-corrected chi connectivity index (χ0v) is 14.3. The quantitative estimate of drug-likeness (QED) is 0.515. The minimum atomic E-state index is -1.10. The molecule has 2 bridgehead atoms. The fraction of sp³-hybridized carbons (Fsp3) is 0.733. The van der Waals surface area contributed by atoms with Crippen molar-refractivity contribution in [2.75, 3.05) is 20.8 Å². The normalized spacial score (nSPS) is 32.6. The Hall–Kier alpha value is -2.36. The van der Waals surface area contributed by atoms with Crippen LogP contribution in [0.5, 0.6) is 0 Å². The van der Waals surface area contributed by atoms with Crippen molar-refractivity contribution < 1.29 is 42.9 Å². The number of hydrogen-bond donors (Lipinski definition) is 1. The third kappa shape index (κ3) is 3.53. The Morgan fingerprint density at radius 3 is 2.16 bits per heavy atom. The molecule has 1 saturated carbocycles. The van der Waals surface area contributed by atoms with Gasteiger partial charge in [0.2, 0.25) is 6.29 Å². The van der Waals surface area contributed by atoms with Crippen LogP contribution in [0.4, 0.5) is 4.79 Å². The maximum absolute atomic E-state index is 12.3. The molecule has 0 aromatic carbocycles. The van der Waals surface area contributed by atoms with Crippen molar-refractivity contribution in [3.05, 3.63) is 0 Å². The number of hydrogen-bond acceptors (Lipinski definition) is 9. The van der Waals surface area contributed by atoms with Gasteiger partial charge in [-0.25, -0.2) is 4.79 Å². The molecule has 1 heterocycles. The average Bonchev–Trinajstić information content (AvgIpc) is 3.04. The molecule has 2 fully saturated rings. The summed E-state index contributed by atoms with van der Waals surface area (Å²) in [7, 11) is 2.36. The molecule has 0 aromatic rings. The molecule has 2 rings (SSSR count). The van der Waals surface area contributed by atoms with E-state index in [1.54, 1.807) is 6.92 Å². The summed E-state index contributed by atoms with van der Waals surface area (Å²) < 4.78 is 25.1. The van der Waals surface area contributed by atoms with E-state index in [0.717, 1.165) is 0 Å². The van der Waals surface area contributed by atoms with Crippen molar-refractivity contribution in [2.45, 2.75) is 32.3 Å². The van der Waals surface area contributed by atoms with Crippen LogP contribution in [-0.4, -0.2) is 63.3 Å². The third-order valence-electron chi connectivity index (χ3n) is 4.32. The molecule has 1 saturated heterocycles. The number of carbonyl (C=O) groups is 4. The Morgan fingerprint density at radius 2 is 1.64 bits per heavy atom. The van der Waals surface area contributed by atoms with Crippen LogP contribution in [0.25, 0.3) is 0 Å². The van der Waals surface area contributed by atoms with Crippen molar-refractivity contribution in [3.63, 3.8) is 0 Å². The summed E-state index contributed by atoms with van der Waals surface area (Å²) in [4.78, 5) is 47.5. The number of amides is 1. The number of alkyl carbamates (subject to hydrolysis) is 1. The third-order valence-corrected chi connectivity index (χ3v) is 4.32. The van der Waals surface area contributed by atoms with E-state index in [4.69, 9.17) is 23.7 Å². The smallest absolute Gasteiger partial charge is 0.407 e. The molecule has 1 N–H and O–H groups in total. The minimum Gasteiger partial charge on any atom is -0.469 e. The number of nitrogens with one attached hydrogen (secondary N) is 1. The van der Waals surface area contributed by atoms with Crippen molar-refractivity contribution in [1.29, 1.82) is 0 Å². The molecule has 1 amide bonds. The second kappa shape index (κ2) is 7.68. The summed E-state index contributed by atoms with van der Waals surface area (Å²) in [6.45, 7) is 2.96. The molecular formula is C15H21NO9. The Balaban J connectivity index is 2.35. The van der Waals surface area contributed by atoms with E-state index < -0.39 is 60.2 Å². The first-order valence-corrected chi connectivity index (χ1v) is 7.77. The zero-order valence-electron chi connectivity index (χ0n) is 14.3. The van der Waals surface area contributed by atoms with E-state index in [1.807, 2.05) is 0 Å². The maximum Gasteiger partial charge on any atom is 0.407 e. The van der Waals surface area contributed by atoms with Gasteiger partial charge in [-0.15, -0.1) is 0 Å². The lowest BCUT2D eigenvalue weighted by Crippen LogP contribution is -2.45. The molecule has 140 valence electrons. The second-order valence-electron chi connectivity index (χ2n) is 5.64. The van der Waals surface area contributed by atoms with Crippen molar-refractivity contribution in [3.8, 4) is 0 Å². The molecule has 0 radical (unpaired) electrons. The Morgan fingerprint density at radius 1 is 1.04 bits per heavy atom. The van der Waals surface area contributed by atoms with E-state index in [0.29, 0.717) is 0 Å². The lowest BCUT2D eigenvalue weighted by Gasteiger charge is -2.31. The van der Waals surface area contributed by atoms with Crippen LogP contribution in [0.15, 0.2) is 0 Å². The molecule has 0 aromatic heterocycles. The average molecular weight is 359 g/mol. The summed E-state index contributed by atoms with van der Waals surface area (Å²) in [5, 5.41) is 2.57. The van der Waals surface area contributed by atoms with Gasteiger partial charge in [-0.3, -0.25) is 14.4 Å². The summed E-state index contributed by atoms with van der Waals surface area (Å²) >= 11 is 0. The van der Waals surface area contributed by atoms with Crippen molar-refractivity contribution >= 4 is 24.0 Å². The Labute approximate surface area is 144 Å². The molecule has 6 atom stereocenters. The highest BCUT2D eigenvalue weighted by Gasteiger charge is 2.67. The Bertz CT molecular complexity index is 563. The van der Waals surface area contributed by atoms with Crippen LogP contribution in [0.3, 0.4) is 0 Å². The van der Waals surface area contributed by atoms with Gasteiger partial charge in [0.1, 0.15) is 0 Å². The van der Waals surface area contributed by atoms with Gasteiger partial charge in [0.05, 0.1) is 50.7 Å². The number of methoxy groups -OCH3 is 2. The maximum atomic E-state index is 12.3. The SMILES string of the molecule is CCOC(=O)NC1[C@H]2[C@@H](OC(C)=O)O[C@@H]1[C@H](C(=O)OC)[C@@H]2C(=O)OC. The summed E-state index contributed by atoms with van der Waals surface area (Å²) in [6.07, 6.45) is -2.75. The number of ether oxygens (including phenoxy) is 5. The van der Waals surface area contributed by atoms with Crippen molar-refractivity contribution in [1.82, 2.24) is 5.32 Å². The molecule has 10 heteroatoms. The van der Waals surface area contributed by atoms with Crippen LogP contribution < -0.4 is 5.32 Å². The largest absolute Gasteiger partial charge is 0.469 e. The Kier molecular flexibility index (Phi) is 5.83. The van der Waals surface area contributed by atoms with E-state index in [2.05, 4.69) is 5.32 Å². The molecule has 1 aliphatic carbocycles. The zero-order chi connectivity index (χ0) is 18.7. The highest BCUT2D eigenvalue weighted by atomic mass is 16.7. The topological polar surface area (TPSA) is 126 Å². The van der Waals surface area contributed by atoms with Gasteiger partial charge in [-0.2, -0.15) is 0 Å². The summed E-state index contributed by atoms with van der Waals surface area (Å²) in [6, 6.07) is -0.781. The molecule has 0 spiro atoms. The molecule has 25 heavy (non-hydrogen) atoms. The molecule has 1 aliphatic heterocycles. The summed E-state index contributed by atoms with van der Waals surface area (Å²) in [5.41, 5.74) is 0. The first-order chi connectivity index (χ1) is 11.8. The van der Waals surface area contributed by atoms with Gasteiger partial charge in [0, 0.05) is 6.92 Å². The van der Waals surface area contributed by atoms with E-state index in [-0.39, 0.29) is 6.61 Å². The van der Waals surface area contributed by atoms with Crippen LogP contribution >= 0.6 is 0 Å². The minimum absolute atomic E-state index is 0.142. The lowest BCUT2D eigenvalue weighted by atomic mass is 9.86. The number of fused-ring (bicyclic) bond motifs is 2.